The van der Waals surface area contributed by atoms with E-state index in [1.165, 1.54) is 0 Å². The first-order valence-electron chi connectivity index (χ1n) is 5.05. The maximum Gasteiger partial charge on any atom is 0.129 e. The summed E-state index contributed by atoms with van der Waals surface area (Å²) in [5.74, 6) is 0. The van der Waals surface area contributed by atoms with E-state index in [4.69, 9.17) is 16.7 Å². The minimum absolute atomic E-state index is 0.240. The molecular formula is C11H17ClN2O. The fourth-order valence-corrected chi connectivity index (χ4v) is 1.41. The van der Waals surface area contributed by atoms with Crippen molar-refractivity contribution in [1.29, 1.82) is 0 Å². The van der Waals surface area contributed by atoms with E-state index in [0.717, 1.165) is 25.1 Å². The van der Waals surface area contributed by atoms with Gasteiger partial charge in [-0.15, -0.1) is 0 Å². The van der Waals surface area contributed by atoms with Crippen LogP contribution >= 0.6 is 11.6 Å². The van der Waals surface area contributed by atoms with E-state index in [1.807, 2.05) is 13.1 Å². The first kappa shape index (κ1) is 12.4. The second-order valence-corrected chi connectivity index (χ2v) is 4.25. The predicted molar refractivity (Wildman–Crippen MR) is 61.9 cm³/mol. The number of pyridine rings is 1. The Morgan fingerprint density at radius 1 is 1.53 bits per heavy atom. The lowest BCUT2D eigenvalue weighted by Gasteiger charge is -2.17. The van der Waals surface area contributed by atoms with Crippen LogP contribution in [0.25, 0.3) is 0 Å². The number of hydrogen-bond donors (Lipinski definition) is 1. The van der Waals surface area contributed by atoms with Crippen molar-refractivity contribution in [2.75, 3.05) is 13.6 Å². The number of aromatic nitrogens is 1. The first-order chi connectivity index (χ1) is 7.08. The molecule has 0 saturated heterocycles. The Morgan fingerprint density at radius 3 is 2.80 bits per heavy atom. The molecule has 4 heteroatoms. The van der Waals surface area contributed by atoms with Crippen molar-refractivity contribution < 1.29 is 5.11 Å². The number of hydrogen-bond acceptors (Lipinski definition) is 3. The lowest BCUT2D eigenvalue weighted by Crippen LogP contribution is -2.22. The molecule has 1 unspecified atom stereocenters. The van der Waals surface area contributed by atoms with Gasteiger partial charge in [0.2, 0.25) is 0 Å². The van der Waals surface area contributed by atoms with Crippen LogP contribution in [0.15, 0.2) is 18.3 Å². The van der Waals surface area contributed by atoms with Gasteiger partial charge in [0.05, 0.1) is 6.10 Å². The minimum Gasteiger partial charge on any atom is -0.393 e. The Bertz CT molecular complexity index is 287. The molecule has 1 rings (SSSR count). The van der Waals surface area contributed by atoms with Crippen LogP contribution in [-0.4, -0.2) is 34.7 Å². The smallest absolute Gasteiger partial charge is 0.129 e. The predicted octanol–water partition coefficient (Wildman–Crippen LogP) is 1.94. The number of aliphatic hydroxyl groups excluding tert-OH is 1. The van der Waals surface area contributed by atoms with Crippen LogP contribution in [-0.2, 0) is 6.54 Å². The SMILES string of the molecule is CC(O)CCN(C)Cc1ccc(Cl)nc1. The van der Waals surface area contributed by atoms with Crippen molar-refractivity contribution in [3.63, 3.8) is 0 Å². The molecule has 0 aliphatic rings. The largest absolute Gasteiger partial charge is 0.393 e. The molecule has 0 bridgehead atoms. The van der Waals surface area contributed by atoms with Crippen LogP contribution in [0.3, 0.4) is 0 Å². The maximum absolute atomic E-state index is 9.15. The molecule has 1 heterocycles. The van der Waals surface area contributed by atoms with E-state index in [0.29, 0.717) is 5.15 Å². The van der Waals surface area contributed by atoms with Crippen molar-refractivity contribution >= 4 is 11.6 Å². The zero-order valence-corrected chi connectivity index (χ0v) is 9.91. The molecule has 15 heavy (non-hydrogen) atoms. The molecule has 3 nitrogen and oxygen atoms in total. The van der Waals surface area contributed by atoms with Crippen molar-refractivity contribution in [3.8, 4) is 0 Å². The highest BCUT2D eigenvalue weighted by Gasteiger charge is 2.02. The van der Waals surface area contributed by atoms with Gasteiger partial charge in [0, 0.05) is 19.3 Å². The molecule has 0 spiro atoms. The second-order valence-electron chi connectivity index (χ2n) is 3.86. The monoisotopic (exact) mass is 228 g/mol. The van der Waals surface area contributed by atoms with Crippen LogP contribution < -0.4 is 0 Å². The number of rotatable bonds is 5. The highest BCUT2D eigenvalue weighted by Crippen LogP contribution is 2.07. The summed E-state index contributed by atoms with van der Waals surface area (Å²) in [5, 5.41) is 9.67. The third-order valence-electron chi connectivity index (χ3n) is 2.17. The standard InChI is InChI=1S/C11H17ClN2O/c1-9(15)5-6-14(2)8-10-3-4-11(12)13-7-10/h3-4,7,9,15H,5-6,8H2,1-2H3. The normalized spacial score (nSPS) is 13.1. The molecule has 1 aromatic heterocycles. The van der Waals surface area contributed by atoms with E-state index in [9.17, 15) is 0 Å². The molecule has 0 aromatic carbocycles. The van der Waals surface area contributed by atoms with Crippen LogP contribution in [0, 0.1) is 0 Å². The first-order valence-corrected chi connectivity index (χ1v) is 5.43. The van der Waals surface area contributed by atoms with Gasteiger partial charge in [-0.25, -0.2) is 4.98 Å². The Hall–Kier alpha value is -0.640. The zero-order valence-electron chi connectivity index (χ0n) is 9.15. The highest BCUT2D eigenvalue weighted by molar-refractivity contribution is 6.29. The van der Waals surface area contributed by atoms with E-state index in [2.05, 4.69) is 9.88 Å². The van der Waals surface area contributed by atoms with Gasteiger partial charge in [-0.2, -0.15) is 0 Å². The lowest BCUT2D eigenvalue weighted by molar-refractivity contribution is 0.163. The summed E-state index contributed by atoms with van der Waals surface area (Å²) in [4.78, 5) is 6.17. The summed E-state index contributed by atoms with van der Waals surface area (Å²) >= 11 is 5.69. The number of aliphatic hydroxyl groups is 1. The summed E-state index contributed by atoms with van der Waals surface area (Å²) in [6.07, 6.45) is 2.33. The van der Waals surface area contributed by atoms with Crippen molar-refractivity contribution in [2.24, 2.45) is 0 Å². The Labute approximate surface area is 95.7 Å². The summed E-state index contributed by atoms with van der Waals surface area (Å²) in [5.41, 5.74) is 1.13. The topological polar surface area (TPSA) is 36.4 Å². The summed E-state index contributed by atoms with van der Waals surface area (Å²) in [7, 11) is 2.02. The van der Waals surface area contributed by atoms with Gasteiger partial charge >= 0.3 is 0 Å². The fourth-order valence-electron chi connectivity index (χ4n) is 1.30. The average Bonchev–Trinajstić information content (AvgIpc) is 2.19. The Morgan fingerprint density at radius 2 is 2.27 bits per heavy atom. The van der Waals surface area contributed by atoms with E-state index >= 15 is 0 Å². The second kappa shape index (κ2) is 6.05. The summed E-state index contributed by atoms with van der Waals surface area (Å²) in [6, 6.07) is 3.76. The van der Waals surface area contributed by atoms with E-state index < -0.39 is 0 Å². The van der Waals surface area contributed by atoms with Gasteiger partial charge in [-0.3, -0.25) is 0 Å². The molecule has 1 N–H and O–H groups in total. The maximum atomic E-state index is 9.15. The van der Waals surface area contributed by atoms with Gasteiger partial charge in [-0.05, 0) is 32.0 Å². The van der Waals surface area contributed by atoms with E-state index in [-0.39, 0.29) is 6.10 Å². The minimum atomic E-state index is -0.240. The average molecular weight is 229 g/mol. The fraction of sp³-hybridized carbons (Fsp3) is 0.545. The van der Waals surface area contributed by atoms with Gasteiger partial charge < -0.3 is 10.0 Å². The lowest BCUT2D eigenvalue weighted by atomic mass is 10.2. The molecule has 0 fully saturated rings. The van der Waals surface area contributed by atoms with Gasteiger partial charge in [0.1, 0.15) is 5.15 Å². The third-order valence-corrected chi connectivity index (χ3v) is 2.39. The van der Waals surface area contributed by atoms with Crippen LogP contribution in [0.4, 0.5) is 0 Å². The van der Waals surface area contributed by atoms with Gasteiger partial charge in [-0.1, -0.05) is 17.7 Å². The highest BCUT2D eigenvalue weighted by atomic mass is 35.5. The molecule has 0 aliphatic carbocycles. The molecule has 0 amide bonds. The van der Waals surface area contributed by atoms with Crippen molar-refractivity contribution in [1.82, 2.24) is 9.88 Å². The summed E-state index contributed by atoms with van der Waals surface area (Å²) in [6.45, 7) is 3.51. The number of nitrogens with zero attached hydrogens (tertiary/aromatic N) is 2. The Kier molecular flexibility index (Phi) is 5.02. The van der Waals surface area contributed by atoms with Gasteiger partial charge in [0.25, 0.3) is 0 Å². The molecule has 1 atom stereocenters. The third kappa shape index (κ3) is 5.11. The zero-order chi connectivity index (χ0) is 11.3. The molecule has 0 saturated carbocycles. The van der Waals surface area contributed by atoms with Crippen LogP contribution in [0.5, 0.6) is 0 Å². The molecule has 1 aromatic rings. The van der Waals surface area contributed by atoms with Crippen molar-refractivity contribution in [2.45, 2.75) is 26.0 Å². The van der Waals surface area contributed by atoms with E-state index in [1.54, 1.807) is 19.2 Å². The quantitative estimate of drug-likeness (QED) is 0.783. The van der Waals surface area contributed by atoms with Crippen LogP contribution in [0.2, 0.25) is 5.15 Å². The molecule has 0 aliphatic heterocycles. The number of halogens is 1. The molecular weight excluding hydrogens is 212 g/mol. The summed E-state index contributed by atoms with van der Waals surface area (Å²) < 4.78 is 0. The van der Waals surface area contributed by atoms with Gasteiger partial charge in [0.15, 0.2) is 0 Å². The molecule has 0 radical (unpaired) electrons. The Balaban J connectivity index is 2.37. The van der Waals surface area contributed by atoms with Crippen molar-refractivity contribution in [3.05, 3.63) is 29.0 Å². The molecule has 84 valence electrons. The van der Waals surface area contributed by atoms with Crippen LogP contribution in [0.1, 0.15) is 18.9 Å².